The van der Waals surface area contributed by atoms with Gasteiger partial charge in [-0.1, -0.05) is 13.3 Å². The van der Waals surface area contributed by atoms with Crippen molar-refractivity contribution >= 4 is 17.9 Å². The summed E-state index contributed by atoms with van der Waals surface area (Å²) >= 11 is 0. The number of nitrogens with two attached hydrogens (primary N) is 1. The first-order valence-electron chi connectivity index (χ1n) is 5.26. The molecule has 1 rings (SSSR count). The summed E-state index contributed by atoms with van der Waals surface area (Å²) in [5, 5.41) is 7.13. The van der Waals surface area contributed by atoms with E-state index in [4.69, 9.17) is 15.9 Å². The standard InChI is InChI=1S/C12H16N2O2/c1-2-3-6-16-12(15)9-4-5-11(14)10(7-9)8-13/h4-5,7-8,13H,2-3,6,14H2,1H3. The van der Waals surface area contributed by atoms with Crippen LogP contribution < -0.4 is 5.73 Å². The van der Waals surface area contributed by atoms with Crippen molar-refractivity contribution in [3.8, 4) is 0 Å². The van der Waals surface area contributed by atoms with Crippen LogP contribution in [0.4, 0.5) is 5.69 Å². The van der Waals surface area contributed by atoms with Crippen molar-refractivity contribution < 1.29 is 9.53 Å². The van der Waals surface area contributed by atoms with Crippen LogP contribution >= 0.6 is 0 Å². The van der Waals surface area contributed by atoms with Crippen LogP contribution in [0.25, 0.3) is 0 Å². The fourth-order valence-electron chi connectivity index (χ4n) is 1.22. The van der Waals surface area contributed by atoms with Gasteiger partial charge in [-0.3, -0.25) is 0 Å². The Bertz CT molecular complexity index is 389. The van der Waals surface area contributed by atoms with Crippen LogP contribution in [0, 0.1) is 5.41 Å². The SMILES string of the molecule is CCCCOC(=O)c1ccc(N)c(C=N)c1. The molecule has 0 aliphatic heterocycles. The number of unbranched alkanes of at least 4 members (excludes halogenated alkanes) is 1. The van der Waals surface area contributed by atoms with E-state index < -0.39 is 0 Å². The second kappa shape index (κ2) is 5.90. The fourth-order valence-corrected chi connectivity index (χ4v) is 1.22. The van der Waals surface area contributed by atoms with E-state index in [-0.39, 0.29) is 5.97 Å². The predicted octanol–water partition coefficient (Wildman–Crippen LogP) is 2.22. The number of nitrogens with one attached hydrogen (secondary N) is 1. The average molecular weight is 220 g/mol. The van der Waals surface area contributed by atoms with Crippen LogP contribution in [0.15, 0.2) is 18.2 Å². The number of hydrogen-bond donors (Lipinski definition) is 2. The summed E-state index contributed by atoms with van der Waals surface area (Å²) < 4.78 is 5.05. The number of anilines is 1. The highest BCUT2D eigenvalue weighted by atomic mass is 16.5. The summed E-state index contributed by atoms with van der Waals surface area (Å²) in [4.78, 5) is 11.6. The Morgan fingerprint density at radius 1 is 1.56 bits per heavy atom. The Kier molecular flexibility index (Phi) is 4.51. The molecule has 0 saturated heterocycles. The lowest BCUT2D eigenvalue weighted by Gasteiger charge is -2.05. The Morgan fingerprint density at radius 3 is 2.94 bits per heavy atom. The molecule has 0 aliphatic carbocycles. The van der Waals surface area contributed by atoms with Crippen LogP contribution in [0.5, 0.6) is 0 Å². The number of nitrogen functional groups attached to an aromatic ring is 1. The van der Waals surface area contributed by atoms with Crippen LogP contribution in [-0.4, -0.2) is 18.8 Å². The molecule has 0 aliphatic rings. The molecule has 1 aromatic rings. The molecule has 0 spiro atoms. The molecular weight excluding hydrogens is 204 g/mol. The zero-order valence-corrected chi connectivity index (χ0v) is 9.32. The average Bonchev–Trinajstić information content (AvgIpc) is 2.30. The van der Waals surface area contributed by atoms with Crippen LogP contribution in [0.3, 0.4) is 0 Å². The number of carbonyl (C=O) groups excluding carboxylic acids is 1. The van der Waals surface area contributed by atoms with E-state index in [1.807, 2.05) is 6.92 Å². The summed E-state index contributed by atoms with van der Waals surface area (Å²) in [5.41, 5.74) is 7.07. The molecule has 0 saturated carbocycles. The fraction of sp³-hybridized carbons (Fsp3) is 0.333. The summed E-state index contributed by atoms with van der Waals surface area (Å²) in [7, 11) is 0. The minimum absolute atomic E-state index is 0.364. The molecule has 0 fully saturated rings. The van der Waals surface area contributed by atoms with Crippen molar-refractivity contribution in [1.82, 2.24) is 0 Å². The molecule has 0 atom stereocenters. The van der Waals surface area contributed by atoms with E-state index in [1.54, 1.807) is 18.2 Å². The number of carbonyl (C=O) groups is 1. The van der Waals surface area contributed by atoms with Crippen LogP contribution in [0.2, 0.25) is 0 Å². The quantitative estimate of drug-likeness (QED) is 0.346. The summed E-state index contributed by atoms with van der Waals surface area (Å²) in [6.45, 7) is 2.46. The summed E-state index contributed by atoms with van der Waals surface area (Å²) in [6, 6.07) is 4.78. The zero-order chi connectivity index (χ0) is 12.0. The van der Waals surface area contributed by atoms with Gasteiger partial charge in [0.05, 0.1) is 12.2 Å². The zero-order valence-electron chi connectivity index (χ0n) is 9.32. The first-order chi connectivity index (χ1) is 7.69. The minimum Gasteiger partial charge on any atom is -0.462 e. The third-order valence-electron chi connectivity index (χ3n) is 2.21. The van der Waals surface area contributed by atoms with E-state index in [2.05, 4.69) is 0 Å². The van der Waals surface area contributed by atoms with E-state index >= 15 is 0 Å². The normalized spacial score (nSPS) is 9.81. The number of benzene rings is 1. The van der Waals surface area contributed by atoms with Gasteiger partial charge in [-0.25, -0.2) is 4.79 Å². The number of rotatable bonds is 5. The Balaban J connectivity index is 2.72. The van der Waals surface area contributed by atoms with Gasteiger partial charge in [0.25, 0.3) is 0 Å². The smallest absolute Gasteiger partial charge is 0.338 e. The largest absolute Gasteiger partial charge is 0.462 e. The van der Waals surface area contributed by atoms with Crippen molar-refractivity contribution in [2.24, 2.45) is 0 Å². The van der Waals surface area contributed by atoms with Crippen molar-refractivity contribution in [2.75, 3.05) is 12.3 Å². The molecule has 0 heterocycles. The number of ether oxygens (including phenoxy) is 1. The van der Waals surface area contributed by atoms with Gasteiger partial charge in [-0.15, -0.1) is 0 Å². The molecule has 0 unspecified atom stereocenters. The Hall–Kier alpha value is -1.84. The second-order valence-electron chi connectivity index (χ2n) is 3.48. The molecule has 3 N–H and O–H groups in total. The third kappa shape index (κ3) is 3.08. The third-order valence-corrected chi connectivity index (χ3v) is 2.21. The molecule has 86 valence electrons. The highest BCUT2D eigenvalue weighted by Crippen LogP contribution is 2.13. The second-order valence-corrected chi connectivity index (χ2v) is 3.48. The molecule has 4 heteroatoms. The van der Waals surface area contributed by atoms with Gasteiger partial charge in [-0.05, 0) is 24.6 Å². The van der Waals surface area contributed by atoms with Crippen molar-refractivity contribution in [3.63, 3.8) is 0 Å². The molecule has 1 aromatic carbocycles. The van der Waals surface area contributed by atoms with E-state index in [9.17, 15) is 4.79 Å². The van der Waals surface area contributed by atoms with Gasteiger partial charge in [-0.2, -0.15) is 0 Å². The van der Waals surface area contributed by atoms with Gasteiger partial charge >= 0.3 is 5.97 Å². The number of esters is 1. The molecule has 0 amide bonds. The lowest BCUT2D eigenvalue weighted by Crippen LogP contribution is -2.07. The van der Waals surface area contributed by atoms with Gasteiger partial charge < -0.3 is 15.9 Å². The lowest BCUT2D eigenvalue weighted by atomic mass is 10.1. The maximum Gasteiger partial charge on any atom is 0.338 e. The Morgan fingerprint density at radius 2 is 2.31 bits per heavy atom. The molecule has 0 aromatic heterocycles. The molecular formula is C12H16N2O2. The van der Waals surface area contributed by atoms with E-state index in [0.717, 1.165) is 19.1 Å². The minimum atomic E-state index is -0.364. The molecule has 0 radical (unpaired) electrons. The first-order valence-corrected chi connectivity index (χ1v) is 5.26. The van der Waals surface area contributed by atoms with Crippen LogP contribution in [0.1, 0.15) is 35.7 Å². The van der Waals surface area contributed by atoms with Crippen LogP contribution in [-0.2, 0) is 4.74 Å². The highest BCUT2D eigenvalue weighted by Gasteiger charge is 2.08. The maximum atomic E-state index is 11.6. The topological polar surface area (TPSA) is 76.2 Å². The number of hydrogen-bond acceptors (Lipinski definition) is 4. The van der Waals surface area contributed by atoms with Crippen molar-refractivity contribution in [2.45, 2.75) is 19.8 Å². The van der Waals surface area contributed by atoms with Gasteiger partial charge in [0.1, 0.15) is 0 Å². The summed E-state index contributed by atoms with van der Waals surface area (Å²) in [6.07, 6.45) is 2.97. The lowest BCUT2D eigenvalue weighted by molar-refractivity contribution is 0.0500. The van der Waals surface area contributed by atoms with E-state index in [0.29, 0.717) is 23.4 Å². The molecule has 4 nitrogen and oxygen atoms in total. The van der Waals surface area contributed by atoms with Gasteiger partial charge in [0, 0.05) is 17.5 Å². The summed E-state index contributed by atoms with van der Waals surface area (Å²) in [5.74, 6) is -0.364. The van der Waals surface area contributed by atoms with E-state index in [1.165, 1.54) is 0 Å². The van der Waals surface area contributed by atoms with Gasteiger partial charge in [0.2, 0.25) is 0 Å². The Labute approximate surface area is 94.9 Å². The van der Waals surface area contributed by atoms with Crippen molar-refractivity contribution in [3.05, 3.63) is 29.3 Å². The highest BCUT2D eigenvalue weighted by molar-refractivity contribution is 5.94. The predicted molar refractivity (Wildman–Crippen MR) is 63.9 cm³/mol. The first kappa shape index (κ1) is 12.2. The van der Waals surface area contributed by atoms with Crippen molar-refractivity contribution in [1.29, 1.82) is 5.41 Å². The molecule has 0 bridgehead atoms. The van der Waals surface area contributed by atoms with Gasteiger partial charge in [0.15, 0.2) is 0 Å². The monoisotopic (exact) mass is 220 g/mol. The molecule has 16 heavy (non-hydrogen) atoms. The maximum absolute atomic E-state index is 11.6.